The van der Waals surface area contributed by atoms with E-state index in [4.69, 9.17) is 22.3 Å². The highest BCUT2D eigenvalue weighted by atomic mass is 19.4. The quantitative estimate of drug-likeness (QED) is 0.139. The molecular weight excluding hydrogens is 602 g/mol. The van der Waals surface area contributed by atoms with Crippen LogP contribution < -0.4 is 16.8 Å². The maximum absolute atomic E-state index is 15.2. The highest BCUT2D eigenvalue weighted by Crippen LogP contribution is 2.34. The molecule has 2 atom stereocenters. The largest absolute Gasteiger partial charge is 0.471 e. The lowest BCUT2D eigenvalue weighted by molar-refractivity contribution is -0.190. The second-order valence-electron chi connectivity index (χ2n) is 12.4. The molecule has 0 aromatic heterocycles. The van der Waals surface area contributed by atoms with Gasteiger partial charge in [0.05, 0.1) is 0 Å². The molecule has 1 saturated heterocycles. The number of nitrogens with one attached hydrogen (secondary N) is 3. The molecule has 1 aliphatic carbocycles. The van der Waals surface area contributed by atoms with Crippen LogP contribution in [-0.4, -0.2) is 71.8 Å². The van der Waals surface area contributed by atoms with Crippen molar-refractivity contribution in [3.63, 3.8) is 0 Å². The first-order valence-electron chi connectivity index (χ1n) is 15.8. The SMILES string of the molecule is N=C(N)c1ccc(CC(CN(C(=O)C(F)(F)F)C(C(=O)NCC2CCN(C(=N)N)CC2)C2CCCCC2)c2ccccc2F)cc1. The molecule has 0 radical (unpaired) electrons. The van der Waals surface area contributed by atoms with E-state index in [1.165, 1.54) is 18.2 Å². The Morgan fingerprint density at radius 2 is 1.59 bits per heavy atom. The van der Waals surface area contributed by atoms with Gasteiger partial charge in [0.2, 0.25) is 5.91 Å². The van der Waals surface area contributed by atoms with Gasteiger partial charge in [-0.05, 0) is 61.1 Å². The minimum absolute atomic E-state index is 0.0274. The van der Waals surface area contributed by atoms with Crippen molar-refractivity contribution in [2.45, 2.75) is 69.5 Å². The number of piperidine rings is 1. The van der Waals surface area contributed by atoms with E-state index in [1.807, 2.05) is 0 Å². The number of carbonyl (C=O) groups excluding carboxylic acids is 2. The van der Waals surface area contributed by atoms with E-state index in [9.17, 15) is 22.8 Å². The number of hydrogen-bond donors (Lipinski definition) is 5. The van der Waals surface area contributed by atoms with Crippen LogP contribution in [-0.2, 0) is 16.0 Å². The predicted molar refractivity (Wildman–Crippen MR) is 168 cm³/mol. The van der Waals surface area contributed by atoms with Crippen LogP contribution in [0.5, 0.6) is 0 Å². The molecular formula is C33H43F4N7O2. The van der Waals surface area contributed by atoms with Crippen molar-refractivity contribution in [2.75, 3.05) is 26.2 Å². The Morgan fingerprint density at radius 3 is 2.15 bits per heavy atom. The molecule has 7 N–H and O–H groups in total. The number of nitrogen functional groups attached to an aromatic ring is 1. The summed E-state index contributed by atoms with van der Waals surface area (Å²) >= 11 is 0. The molecule has 1 heterocycles. The van der Waals surface area contributed by atoms with Crippen molar-refractivity contribution < 1.29 is 27.2 Å². The van der Waals surface area contributed by atoms with E-state index >= 15 is 4.39 Å². The number of alkyl halides is 3. The van der Waals surface area contributed by atoms with Crippen molar-refractivity contribution >= 4 is 23.6 Å². The maximum atomic E-state index is 15.2. The molecule has 13 heteroatoms. The summed E-state index contributed by atoms with van der Waals surface area (Å²) in [4.78, 5) is 29.5. The van der Waals surface area contributed by atoms with Gasteiger partial charge in [0.1, 0.15) is 17.7 Å². The molecule has 46 heavy (non-hydrogen) atoms. The molecule has 0 bridgehead atoms. The summed E-state index contributed by atoms with van der Waals surface area (Å²) in [6, 6.07) is 10.9. The summed E-state index contributed by atoms with van der Waals surface area (Å²) in [7, 11) is 0. The molecule has 2 unspecified atom stereocenters. The van der Waals surface area contributed by atoms with Crippen LogP contribution in [0.2, 0.25) is 0 Å². The van der Waals surface area contributed by atoms with Crippen molar-refractivity contribution in [1.29, 1.82) is 10.8 Å². The van der Waals surface area contributed by atoms with Gasteiger partial charge in [-0.2, -0.15) is 13.2 Å². The van der Waals surface area contributed by atoms with E-state index < -0.39 is 48.2 Å². The molecule has 9 nitrogen and oxygen atoms in total. The maximum Gasteiger partial charge on any atom is 0.471 e. The average molecular weight is 646 g/mol. The lowest BCUT2D eigenvalue weighted by atomic mass is 9.81. The molecule has 1 saturated carbocycles. The number of amidine groups is 1. The van der Waals surface area contributed by atoms with Gasteiger partial charge >= 0.3 is 12.1 Å². The minimum atomic E-state index is -5.25. The van der Waals surface area contributed by atoms with Gasteiger partial charge in [-0.3, -0.25) is 20.4 Å². The summed E-state index contributed by atoms with van der Waals surface area (Å²) in [6.45, 7) is 0.775. The number of benzene rings is 2. The van der Waals surface area contributed by atoms with Gasteiger partial charge in [0.25, 0.3) is 0 Å². The van der Waals surface area contributed by atoms with Crippen LogP contribution in [0.25, 0.3) is 0 Å². The fourth-order valence-corrected chi connectivity index (χ4v) is 6.69. The van der Waals surface area contributed by atoms with Crippen LogP contribution in [0.4, 0.5) is 17.6 Å². The first kappa shape index (κ1) is 34.7. The Labute approximate surface area is 266 Å². The zero-order chi connectivity index (χ0) is 33.4. The summed E-state index contributed by atoms with van der Waals surface area (Å²) in [5, 5.41) is 18.1. The average Bonchev–Trinajstić information content (AvgIpc) is 3.03. The Hall–Kier alpha value is -4.16. The number of hydrogen-bond acceptors (Lipinski definition) is 4. The molecule has 1 aliphatic heterocycles. The number of likely N-dealkylation sites (tertiary alicyclic amines) is 1. The van der Waals surface area contributed by atoms with Gasteiger partial charge in [-0.1, -0.05) is 61.7 Å². The number of nitrogens with two attached hydrogens (primary N) is 2. The monoisotopic (exact) mass is 645 g/mol. The van der Waals surface area contributed by atoms with Crippen LogP contribution in [0.15, 0.2) is 48.5 Å². The van der Waals surface area contributed by atoms with Gasteiger partial charge in [0.15, 0.2) is 5.96 Å². The second kappa shape index (κ2) is 15.4. The van der Waals surface area contributed by atoms with Gasteiger partial charge < -0.3 is 26.6 Å². The number of amides is 2. The third-order valence-electron chi connectivity index (χ3n) is 9.23. The third kappa shape index (κ3) is 8.97. The molecule has 2 amide bonds. The summed E-state index contributed by atoms with van der Waals surface area (Å²) < 4.78 is 58.1. The highest BCUT2D eigenvalue weighted by Gasteiger charge is 2.49. The Morgan fingerprint density at radius 1 is 0.957 bits per heavy atom. The van der Waals surface area contributed by atoms with E-state index in [2.05, 4.69) is 5.32 Å². The van der Waals surface area contributed by atoms with E-state index in [0.29, 0.717) is 54.8 Å². The first-order chi connectivity index (χ1) is 21.8. The standard InChI is InChI=1S/C33H43F4N7O2/c34-27-9-5-4-8-26(27)25(18-21-10-12-24(13-11-21)29(38)39)20-44(31(46)33(35,36)37)28(23-6-2-1-3-7-23)30(45)42-19-22-14-16-43(17-15-22)32(40)41/h4-5,8-13,22-23,25,28H,1-3,6-7,14-20H2,(H3,38,39)(H3,40,41)(H,42,45). The lowest BCUT2D eigenvalue weighted by Gasteiger charge is -2.40. The zero-order valence-corrected chi connectivity index (χ0v) is 25.8. The van der Waals surface area contributed by atoms with E-state index in [1.54, 1.807) is 35.2 Å². The van der Waals surface area contributed by atoms with Gasteiger partial charge in [0, 0.05) is 37.7 Å². The Bertz CT molecular complexity index is 1370. The summed E-state index contributed by atoms with van der Waals surface area (Å²) in [5.41, 5.74) is 12.4. The number of carbonyl (C=O) groups is 2. The van der Waals surface area contributed by atoms with Crippen LogP contribution in [0.3, 0.4) is 0 Å². The topological polar surface area (TPSA) is 152 Å². The van der Waals surface area contributed by atoms with Crippen LogP contribution in [0.1, 0.15) is 67.6 Å². The molecule has 2 fully saturated rings. The Balaban J connectivity index is 1.66. The second-order valence-corrected chi connectivity index (χ2v) is 12.4. The fourth-order valence-electron chi connectivity index (χ4n) is 6.69. The smallest absolute Gasteiger partial charge is 0.384 e. The Kier molecular flexibility index (Phi) is 11.6. The van der Waals surface area contributed by atoms with Crippen molar-refractivity contribution in [3.05, 3.63) is 71.0 Å². The normalized spacial score (nSPS) is 17.6. The first-order valence-corrected chi connectivity index (χ1v) is 15.8. The molecule has 0 spiro atoms. The number of guanidine groups is 1. The third-order valence-corrected chi connectivity index (χ3v) is 9.23. The lowest BCUT2D eigenvalue weighted by Crippen LogP contribution is -2.58. The minimum Gasteiger partial charge on any atom is -0.384 e. The van der Waals surface area contributed by atoms with E-state index in [0.717, 1.165) is 19.3 Å². The highest BCUT2D eigenvalue weighted by molar-refractivity contribution is 5.95. The summed E-state index contributed by atoms with van der Waals surface area (Å²) in [5.74, 6) is -4.92. The fraction of sp³-hybridized carbons (Fsp3) is 0.515. The van der Waals surface area contributed by atoms with Gasteiger partial charge in [-0.15, -0.1) is 0 Å². The molecule has 2 aliphatic rings. The molecule has 250 valence electrons. The summed E-state index contributed by atoms with van der Waals surface area (Å²) in [6.07, 6.45) is -0.545. The van der Waals surface area contributed by atoms with Crippen LogP contribution in [0, 0.1) is 28.5 Å². The van der Waals surface area contributed by atoms with Crippen molar-refractivity contribution in [1.82, 2.24) is 15.1 Å². The molecule has 2 aromatic carbocycles. The van der Waals surface area contributed by atoms with Crippen LogP contribution >= 0.6 is 0 Å². The predicted octanol–water partition coefficient (Wildman–Crippen LogP) is 4.50. The van der Waals surface area contributed by atoms with Crippen molar-refractivity contribution in [2.24, 2.45) is 23.3 Å². The molecule has 4 rings (SSSR count). The van der Waals surface area contributed by atoms with Gasteiger partial charge in [-0.25, -0.2) is 4.39 Å². The number of rotatable bonds is 11. The van der Waals surface area contributed by atoms with Crippen molar-refractivity contribution in [3.8, 4) is 0 Å². The molecule has 2 aromatic rings. The van der Waals surface area contributed by atoms with E-state index in [-0.39, 0.29) is 36.2 Å². The zero-order valence-electron chi connectivity index (χ0n) is 25.8. The number of halogens is 4. The number of nitrogens with zero attached hydrogens (tertiary/aromatic N) is 2.